The number of carboxylic acids is 1. The van der Waals surface area contributed by atoms with Crippen LogP contribution in [0.5, 0.6) is 0 Å². The number of halogens is 2. The van der Waals surface area contributed by atoms with Gasteiger partial charge in [-0.05, 0) is 13.8 Å². The van der Waals surface area contributed by atoms with Crippen molar-refractivity contribution in [2.75, 3.05) is 0 Å². The van der Waals surface area contributed by atoms with E-state index < -0.39 is 23.3 Å². The average Bonchev–Trinajstić information content (AvgIpc) is 3.41. The van der Waals surface area contributed by atoms with Crippen molar-refractivity contribution in [3.63, 3.8) is 0 Å². The molecule has 170 valence electrons. The van der Waals surface area contributed by atoms with Gasteiger partial charge in [-0.2, -0.15) is 0 Å². The van der Waals surface area contributed by atoms with E-state index >= 15 is 0 Å². The van der Waals surface area contributed by atoms with Gasteiger partial charge in [0.05, 0.1) is 11.2 Å². The zero-order valence-electron chi connectivity index (χ0n) is 16.9. The van der Waals surface area contributed by atoms with Crippen LogP contribution in [0.4, 0.5) is 8.78 Å². The zero-order chi connectivity index (χ0) is 22.6. The first-order valence-electron chi connectivity index (χ1n) is 9.22. The van der Waals surface area contributed by atoms with Crippen molar-refractivity contribution >= 4 is 28.2 Å². The quantitative estimate of drug-likeness (QED) is 0.232. The predicted molar refractivity (Wildman–Crippen MR) is 105 cm³/mol. The Bertz CT molecular complexity index is 1530. The van der Waals surface area contributed by atoms with Gasteiger partial charge in [-0.25, -0.2) is 28.5 Å². The second-order valence-corrected chi connectivity index (χ2v) is 7.43. The Balaban J connectivity index is 0.00000259. The van der Waals surface area contributed by atoms with Gasteiger partial charge in [-0.3, -0.25) is 9.97 Å². The van der Waals surface area contributed by atoms with Crippen molar-refractivity contribution in [1.29, 1.82) is 0 Å². The van der Waals surface area contributed by atoms with Crippen LogP contribution in [0.3, 0.4) is 0 Å². The smallest absolute Gasteiger partial charge is 0.356 e. The number of rotatable bonds is 4. The molecule has 5 rings (SSSR count). The van der Waals surface area contributed by atoms with E-state index in [-0.39, 0.29) is 60.2 Å². The van der Waals surface area contributed by atoms with Gasteiger partial charge in [0.15, 0.2) is 24.1 Å². The van der Waals surface area contributed by atoms with E-state index in [1.807, 2.05) is 0 Å². The van der Waals surface area contributed by atoms with E-state index in [0.29, 0.717) is 11.4 Å². The van der Waals surface area contributed by atoms with E-state index in [1.165, 1.54) is 6.39 Å². The molecule has 0 unspecified atom stereocenters. The summed E-state index contributed by atoms with van der Waals surface area (Å²) in [5.74, 6) is -3.40. The Morgan fingerprint density at radius 2 is 1.61 bits per heavy atom. The van der Waals surface area contributed by atoms with Gasteiger partial charge in [0.1, 0.15) is 23.0 Å². The van der Waals surface area contributed by atoms with Gasteiger partial charge in [-0.1, -0.05) is 11.6 Å². The molecule has 0 aliphatic carbocycles. The van der Waals surface area contributed by atoms with Crippen LogP contribution in [-0.4, -0.2) is 36.0 Å². The third-order valence-corrected chi connectivity index (χ3v) is 5.11. The molecule has 0 saturated heterocycles. The summed E-state index contributed by atoms with van der Waals surface area (Å²) in [5.41, 5.74) is 0.139. The van der Waals surface area contributed by atoms with Crippen LogP contribution in [0.25, 0.3) is 33.5 Å². The number of pyridine rings is 3. The number of nitrogens with zero attached hydrogens (tertiary/aromatic N) is 5. The summed E-state index contributed by atoms with van der Waals surface area (Å²) in [6.45, 7) is 3.50. The minimum Gasteiger partial charge on any atom is -0.476 e. The fraction of sp³-hybridized carbons (Fsp3) is 0.143. The molecule has 9 nitrogen and oxygen atoms in total. The molecule has 0 bridgehead atoms. The summed E-state index contributed by atoms with van der Waals surface area (Å²) in [6.07, 6.45) is 2.30. The molecule has 0 spiro atoms. The number of hydrogen-bond donors (Lipinski definition) is 1. The van der Waals surface area contributed by atoms with Crippen molar-refractivity contribution in [2.45, 2.75) is 19.3 Å². The maximum Gasteiger partial charge on any atom is 0.356 e. The topological polar surface area (TPSA) is 128 Å². The number of aromatic carboxylic acids is 1. The SMILES string of the molecule is CC(C)(c1cc2ocnc2c(C(=O)O)n1)c1cc2ocnc2c(-c2[c-]cc(F)nc2F)n1.[Pt]. The number of oxazole rings is 2. The number of aromatic nitrogens is 5. The third-order valence-electron chi connectivity index (χ3n) is 5.11. The standard InChI is InChI=1S/C21H12F2N5O4.Pt/c1-21(2,13-6-11-17(25-8-32-11)18(27-13)20(29)30)12-5-10-16(24-7-31-10)15(26-12)9-3-4-14(22)28-19(9)23;/h4-8H,1-2H3,(H,29,30);/q-1;. The Hall–Kier alpha value is -3.59. The van der Waals surface area contributed by atoms with Gasteiger partial charge in [0, 0.05) is 50.0 Å². The van der Waals surface area contributed by atoms with Gasteiger partial charge < -0.3 is 13.9 Å². The summed E-state index contributed by atoms with van der Waals surface area (Å²) in [5, 5.41) is 9.55. The molecule has 0 aromatic carbocycles. The van der Waals surface area contributed by atoms with Crippen LogP contribution in [-0.2, 0) is 26.5 Å². The molecule has 0 atom stereocenters. The monoisotopic (exact) mass is 631 g/mol. The minimum atomic E-state index is -1.27. The first-order chi connectivity index (χ1) is 15.3. The van der Waals surface area contributed by atoms with Crippen LogP contribution in [0.1, 0.15) is 35.7 Å². The summed E-state index contributed by atoms with van der Waals surface area (Å²) in [4.78, 5) is 31.7. The third kappa shape index (κ3) is 3.68. The summed E-state index contributed by atoms with van der Waals surface area (Å²) in [7, 11) is 0. The molecule has 5 aromatic heterocycles. The van der Waals surface area contributed by atoms with Gasteiger partial charge >= 0.3 is 5.97 Å². The maximum atomic E-state index is 14.4. The second-order valence-electron chi connectivity index (χ2n) is 7.43. The van der Waals surface area contributed by atoms with E-state index in [9.17, 15) is 18.7 Å². The molecule has 0 aliphatic heterocycles. The summed E-state index contributed by atoms with van der Waals surface area (Å²) in [6, 6.07) is 6.54. The molecule has 1 N–H and O–H groups in total. The first kappa shape index (κ1) is 22.6. The Labute approximate surface area is 198 Å². The van der Waals surface area contributed by atoms with Crippen molar-refractivity contribution < 1.29 is 48.6 Å². The van der Waals surface area contributed by atoms with Crippen molar-refractivity contribution in [1.82, 2.24) is 24.9 Å². The predicted octanol–water partition coefficient (Wildman–Crippen LogP) is 3.92. The Morgan fingerprint density at radius 3 is 2.24 bits per heavy atom. The van der Waals surface area contributed by atoms with Crippen molar-refractivity contribution in [2.24, 2.45) is 0 Å². The van der Waals surface area contributed by atoms with Crippen LogP contribution < -0.4 is 0 Å². The molecule has 5 aromatic rings. The first-order valence-corrected chi connectivity index (χ1v) is 9.22. The van der Waals surface area contributed by atoms with E-state index in [4.69, 9.17) is 8.83 Å². The number of carbonyl (C=O) groups is 1. The second kappa shape index (κ2) is 8.08. The largest absolute Gasteiger partial charge is 0.476 e. The molecule has 0 saturated carbocycles. The van der Waals surface area contributed by atoms with Crippen molar-refractivity contribution in [3.8, 4) is 11.3 Å². The van der Waals surface area contributed by atoms with Crippen LogP contribution >= 0.6 is 0 Å². The molecule has 33 heavy (non-hydrogen) atoms. The fourth-order valence-corrected chi connectivity index (χ4v) is 3.36. The zero-order valence-corrected chi connectivity index (χ0v) is 19.1. The van der Waals surface area contributed by atoms with Crippen LogP contribution in [0.15, 0.2) is 39.8 Å². The molecular formula is C21H12F2N5O4Pt-. The van der Waals surface area contributed by atoms with Gasteiger partial charge in [-0.15, -0.1) is 6.07 Å². The normalized spacial score (nSPS) is 11.6. The maximum absolute atomic E-state index is 14.4. The summed E-state index contributed by atoms with van der Waals surface area (Å²) < 4.78 is 38.4. The molecule has 0 radical (unpaired) electrons. The Kier molecular flexibility index (Phi) is 5.53. The van der Waals surface area contributed by atoms with E-state index in [2.05, 4.69) is 31.0 Å². The molecular weight excluding hydrogens is 619 g/mol. The molecule has 5 heterocycles. The molecule has 0 aliphatic rings. The van der Waals surface area contributed by atoms with Gasteiger partial charge in [0.2, 0.25) is 0 Å². The molecule has 12 heteroatoms. The molecule has 0 fully saturated rings. The van der Waals surface area contributed by atoms with Crippen LogP contribution in [0.2, 0.25) is 0 Å². The Morgan fingerprint density at radius 1 is 1.00 bits per heavy atom. The summed E-state index contributed by atoms with van der Waals surface area (Å²) >= 11 is 0. The van der Waals surface area contributed by atoms with E-state index in [1.54, 1.807) is 26.0 Å². The van der Waals surface area contributed by atoms with Crippen LogP contribution in [0, 0.1) is 18.0 Å². The minimum absolute atomic E-state index is 0. The van der Waals surface area contributed by atoms with Gasteiger partial charge in [0.25, 0.3) is 0 Å². The van der Waals surface area contributed by atoms with Crippen molar-refractivity contribution in [3.05, 3.63) is 66.0 Å². The number of hydrogen-bond acceptors (Lipinski definition) is 8. The number of carboxylic acid groups (broad SMARTS) is 1. The fourth-order valence-electron chi connectivity index (χ4n) is 3.36. The molecule has 0 amide bonds. The average molecular weight is 631 g/mol. The van der Waals surface area contributed by atoms with E-state index in [0.717, 1.165) is 12.5 Å². The number of fused-ring (bicyclic) bond motifs is 2.